The maximum atomic E-state index is 12.4. The van der Waals surface area contributed by atoms with Crippen molar-refractivity contribution in [3.8, 4) is 5.75 Å². The molecule has 1 saturated carbocycles. The van der Waals surface area contributed by atoms with Gasteiger partial charge in [0.2, 0.25) is 0 Å². The fourth-order valence-electron chi connectivity index (χ4n) is 2.07. The van der Waals surface area contributed by atoms with E-state index in [0.29, 0.717) is 18.7 Å². The number of alkyl halides is 2. The Bertz CT molecular complexity index is 464. The van der Waals surface area contributed by atoms with Gasteiger partial charge in [0.25, 0.3) is 5.91 Å². The summed E-state index contributed by atoms with van der Waals surface area (Å²) < 4.78 is 28.7. The molecule has 0 aromatic heterocycles. The van der Waals surface area contributed by atoms with Gasteiger partial charge in [0.15, 0.2) is 0 Å². The fraction of sp³-hybridized carbons (Fsp3) is 0.500. The Morgan fingerprint density at radius 2 is 2.20 bits per heavy atom. The van der Waals surface area contributed by atoms with Gasteiger partial charge in [-0.15, -0.1) is 0 Å². The smallest absolute Gasteiger partial charge is 0.387 e. The maximum Gasteiger partial charge on any atom is 0.387 e. The number of hydrogen-bond acceptors (Lipinski definition) is 3. The van der Waals surface area contributed by atoms with Crippen molar-refractivity contribution in [2.75, 3.05) is 13.1 Å². The molecule has 1 aliphatic rings. The summed E-state index contributed by atoms with van der Waals surface area (Å²) >= 11 is 0. The van der Waals surface area contributed by atoms with E-state index in [0.717, 1.165) is 19.3 Å². The fourth-order valence-corrected chi connectivity index (χ4v) is 2.07. The molecule has 0 atom stereocenters. The van der Waals surface area contributed by atoms with Crippen LogP contribution in [0.3, 0.4) is 0 Å². The lowest BCUT2D eigenvalue weighted by atomic mass is 10.1. The van der Waals surface area contributed by atoms with E-state index in [1.165, 1.54) is 12.1 Å². The molecule has 2 rings (SSSR count). The molecule has 20 heavy (non-hydrogen) atoms. The van der Waals surface area contributed by atoms with Crippen molar-refractivity contribution in [3.63, 3.8) is 0 Å². The van der Waals surface area contributed by atoms with E-state index in [1.54, 1.807) is 17.0 Å². The van der Waals surface area contributed by atoms with Crippen LogP contribution in [0.1, 0.15) is 29.6 Å². The minimum absolute atomic E-state index is 0.000391. The molecule has 0 saturated heterocycles. The summed E-state index contributed by atoms with van der Waals surface area (Å²) in [5.41, 5.74) is 5.84. The van der Waals surface area contributed by atoms with Crippen molar-refractivity contribution < 1.29 is 18.3 Å². The minimum atomic E-state index is -2.89. The molecule has 0 heterocycles. The number of carbonyl (C=O) groups is 1. The number of amides is 1. The largest absolute Gasteiger partial charge is 0.435 e. The molecule has 4 nitrogen and oxygen atoms in total. The van der Waals surface area contributed by atoms with Crippen LogP contribution >= 0.6 is 0 Å². The average Bonchev–Trinajstić information content (AvgIpc) is 3.23. The Kier molecular flexibility index (Phi) is 4.89. The van der Waals surface area contributed by atoms with E-state index in [4.69, 9.17) is 5.73 Å². The summed E-state index contributed by atoms with van der Waals surface area (Å²) in [5.74, 6) is -0.152. The first kappa shape index (κ1) is 14.7. The Morgan fingerprint density at radius 1 is 1.45 bits per heavy atom. The highest BCUT2D eigenvalue weighted by Gasteiger charge is 2.32. The Balaban J connectivity index is 2.09. The first-order chi connectivity index (χ1) is 9.61. The van der Waals surface area contributed by atoms with Gasteiger partial charge in [-0.05, 0) is 44.0 Å². The summed E-state index contributed by atoms with van der Waals surface area (Å²) in [4.78, 5) is 14.2. The number of halogens is 2. The Morgan fingerprint density at radius 3 is 2.80 bits per heavy atom. The predicted molar refractivity (Wildman–Crippen MR) is 70.8 cm³/mol. The molecule has 1 fully saturated rings. The van der Waals surface area contributed by atoms with Crippen LogP contribution in [0.4, 0.5) is 8.78 Å². The highest BCUT2D eigenvalue weighted by atomic mass is 19.3. The van der Waals surface area contributed by atoms with Crippen molar-refractivity contribution in [3.05, 3.63) is 29.8 Å². The number of nitrogens with zero attached hydrogens (tertiary/aromatic N) is 1. The van der Waals surface area contributed by atoms with Gasteiger partial charge in [-0.3, -0.25) is 4.79 Å². The van der Waals surface area contributed by atoms with Crippen molar-refractivity contribution in [1.29, 1.82) is 0 Å². The lowest BCUT2D eigenvalue weighted by Gasteiger charge is -2.22. The Labute approximate surface area is 116 Å². The van der Waals surface area contributed by atoms with Crippen molar-refractivity contribution >= 4 is 5.91 Å². The topological polar surface area (TPSA) is 55.6 Å². The van der Waals surface area contributed by atoms with E-state index in [9.17, 15) is 13.6 Å². The third-order valence-corrected chi connectivity index (χ3v) is 3.16. The first-order valence-electron chi connectivity index (χ1n) is 6.67. The van der Waals surface area contributed by atoms with E-state index in [1.807, 2.05) is 0 Å². The van der Waals surface area contributed by atoms with E-state index < -0.39 is 6.61 Å². The zero-order valence-corrected chi connectivity index (χ0v) is 11.1. The molecule has 1 aliphatic carbocycles. The van der Waals surface area contributed by atoms with E-state index in [2.05, 4.69) is 4.74 Å². The maximum absolute atomic E-state index is 12.4. The second-order valence-electron chi connectivity index (χ2n) is 4.78. The third kappa shape index (κ3) is 3.90. The van der Waals surface area contributed by atoms with Gasteiger partial charge in [-0.1, -0.05) is 6.07 Å². The summed E-state index contributed by atoms with van der Waals surface area (Å²) in [7, 11) is 0. The molecule has 1 amide bonds. The monoisotopic (exact) mass is 284 g/mol. The number of ether oxygens (including phenoxy) is 1. The van der Waals surface area contributed by atoms with Crippen LogP contribution in [0.2, 0.25) is 0 Å². The number of benzene rings is 1. The van der Waals surface area contributed by atoms with Gasteiger partial charge in [0, 0.05) is 18.2 Å². The van der Waals surface area contributed by atoms with Crippen LogP contribution in [0.25, 0.3) is 0 Å². The molecule has 1 aromatic carbocycles. The lowest BCUT2D eigenvalue weighted by Crippen LogP contribution is -2.34. The molecule has 0 radical (unpaired) electrons. The minimum Gasteiger partial charge on any atom is -0.435 e. The number of rotatable bonds is 7. The second kappa shape index (κ2) is 6.65. The van der Waals surface area contributed by atoms with Crippen LogP contribution in [0.5, 0.6) is 5.75 Å². The summed E-state index contributed by atoms with van der Waals surface area (Å²) in [5, 5.41) is 0. The Hall–Kier alpha value is -1.69. The van der Waals surface area contributed by atoms with Gasteiger partial charge < -0.3 is 15.4 Å². The van der Waals surface area contributed by atoms with Crippen LogP contribution in [-0.4, -0.2) is 36.5 Å². The zero-order chi connectivity index (χ0) is 14.5. The van der Waals surface area contributed by atoms with Crippen LogP contribution < -0.4 is 10.5 Å². The quantitative estimate of drug-likeness (QED) is 0.835. The molecule has 1 aromatic rings. The number of carbonyl (C=O) groups excluding carboxylic acids is 1. The first-order valence-corrected chi connectivity index (χ1v) is 6.67. The molecule has 0 bridgehead atoms. The summed E-state index contributed by atoms with van der Waals surface area (Å²) in [6.07, 6.45) is 2.71. The highest BCUT2D eigenvalue weighted by molar-refractivity contribution is 5.95. The third-order valence-electron chi connectivity index (χ3n) is 3.16. The van der Waals surface area contributed by atoms with Crippen molar-refractivity contribution in [1.82, 2.24) is 4.90 Å². The lowest BCUT2D eigenvalue weighted by molar-refractivity contribution is -0.0499. The van der Waals surface area contributed by atoms with Gasteiger partial charge in [-0.2, -0.15) is 8.78 Å². The average molecular weight is 284 g/mol. The molecule has 0 aliphatic heterocycles. The van der Waals surface area contributed by atoms with Gasteiger partial charge in [-0.25, -0.2) is 0 Å². The van der Waals surface area contributed by atoms with Crippen LogP contribution in [0.15, 0.2) is 24.3 Å². The molecule has 6 heteroatoms. The molecule has 110 valence electrons. The summed E-state index contributed by atoms with van der Waals surface area (Å²) in [6.45, 7) is -1.78. The molecular formula is C14H18F2N2O2. The van der Waals surface area contributed by atoms with Gasteiger partial charge in [0.1, 0.15) is 5.75 Å². The normalized spacial score (nSPS) is 14.4. The zero-order valence-electron chi connectivity index (χ0n) is 11.1. The van der Waals surface area contributed by atoms with Gasteiger partial charge in [0.05, 0.1) is 0 Å². The molecule has 0 spiro atoms. The predicted octanol–water partition coefficient (Wildman–Crippen LogP) is 2.24. The molecule has 2 N–H and O–H groups in total. The highest BCUT2D eigenvalue weighted by Crippen LogP contribution is 2.29. The van der Waals surface area contributed by atoms with Crippen LogP contribution in [-0.2, 0) is 0 Å². The number of nitrogens with two attached hydrogens (primary N) is 1. The van der Waals surface area contributed by atoms with Crippen molar-refractivity contribution in [2.45, 2.75) is 31.9 Å². The molecule has 0 unspecified atom stereocenters. The van der Waals surface area contributed by atoms with Crippen molar-refractivity contribution in [2.24, 2.45) is 5.73 Å². The number of hydrogen-bond donors (Lipinski definition) is 1. The molecular weight excluding hydrogens is 266 g/mol. The van der Waals surface area contributed by atoms with E-state index in [-0.39, 0.29) is 17.7 Å². The SMILES string of the molecule is NCCCN(C(=O)c1cccc(OC(F)F)c1)C1CC1. The van der Waals surface area contributed by atoms with Gasteiger partial charge >= 0.3 is 6.61 Å². The van der Waals surface area contributed by atoms with E-state index >= 15 is 0 Å². The standard InChI is InChI=1S/C14H18F2N2O2/c15-14(16)20-12-4-1-3-10(9-12)13(19)18(8-2-7-17)11-5-6-11/h1,3-4,9,11,14H,2,5-8,17H2. The van der Waals surface area contributed by atoms with Crippen LogP contribution in [0, 0.1) is 0 Å². The summed E-state index contributed by atoms with van der Waals surface area (Å²) in [6, 6.07) is 6.17. The second-order valence-corrected chi connectivity index (χ2v) is 4.78.